The van der Waals surface area contributed by atoms with Crippen molar-refractivity contribution in [2.75, 3.05) is 6.61 Å². The Morgan fingerprint density at radius 3 is 2.84 bits per heavy atom. The number of thioether (sulfide) groups is 1. The normalized spacial score (nSPS) is 10.6. The lowest BCUT2D eigenvalue weighted by atomic mass is 10.4. The molecule has 7 heteroatoms. The average Bonchev–Trinajstić information content (AvgIpc) is 3.06. The van der Waals surface area contributed by atoms with Crippen molar-refractivity contribution in [3.8, 4) is 0 Å². The van der Waals surface area contributed by atoms with Crippen molar-refractivity contribution in [2.24, 2.45) is 0 Å². The monoisotopic (exact) mass is 298 g/mol. The molecule has 2 heterocycles. The zero-order chi connectivity index (χ0) is 13.7. The third kappa shape index (κ3) is 3.81. The summed E-state index contributed by atoms with van der Waals surface area (Å²) in [6.07, 6.45) is 1.04. The van der Waals surface area contributed by atoms with Gasteiger partial charge in [0.05, 0.1) is 6.61 Å². The Kier molecular flexibility index (Phi) is 4.98. The molecule has 0 aliphatic carbocycles. The van der Waals surface area contributed by atoms with Gasteiger partial charge in [-0.3, -0.25) is 0 Å². The van der Waals surface area contributed by atoms with Crippen LogP contribution in [0.5, 0.6) is 0 Å². The summed E-state index contributed by atoms with van der Waals surface area (Å²) >= 11 is 3.19. The van der Waals surface area contributed by atoms with Crippen LogP contribution in [0, 0.1) is 0 Å². The minimum atomic E-state index is -0.578. The first kappa shape index (κ1) is 14.1. The van der Waals surface area contributed by atoms with Gasteiger partial charge in [0.15, 0.2) is 0 Å². The Bertz CT molecular complexity index is 551. The minimum absolute atomic E-state index is 0.0928. The van der Waals surface area contributed by atoms with E-state index < -0.39 is 5.97 Å². The molecule has 0 saturated heterocycles. The Morgan fingerprint density at radius 2 is 2.16 bits per heavy atom. The fourth-order valence-electron chi connectivity index (χ4n) is 1.37. The van der Waals surface area contributed by atoms with Crippen LogP contribution in [-0.2, 0) is 16.9 Å². The molecule has 0 saturated carbocycles. The van der Waals surface area contributed by atoms with Crippen molar-refractivity contribution >= 4 is 29.1 Å². The van der Waals surface area contributed by atoms with Gasteiger partial charge in [-0.15, -0.1) is 16.4 Å². The third-order valence-corrected chi connectivity index (χ3v) is 4.54. The number of nitrogens with zero attached hydrogens (tertiary/aromatic N) is 2. The predicted octanol–water partition coefficient (Wildman–Crippen LogP) is 3.16. The summed E-state index contributed by atoms with van der Waals surface area (Å²) in [5.41, 5.74) is 0. The topological polar surface area (TPSA) is 65.2 Å². The van der Waals surface area contributed by atoms with Gasteiger partial charge < -0.3 is 9.15 Å². The summed E-state index contributed by atoms with van der Waals surface area (Å²) < 4.78 is 10.0. The maximum atomic E-state index is 11.3. The van der Waals surface area contributed by atoms with E-state index in [-0.39, 0.29) is 5.89 Å². The number of rotatable bonds is 6. The number of esters is 1. The number of thiophene rings is 1. The first-order chi connectivity index (χ1) is 9.22. The highest BCUT2D eigenvalue weighted by Gasteiger charge is 2.16. The lowest BCUT2D eigenvalue weighted by Crippen LogP contribution is -2.04. The molecule has 19 heavy (non-hydrogen) atoms. The van der Waals surface area contributed by atoms with Gasteiger partial charge in [-0.05, 0) is 25.5 Å². The summed E-state index contributed by atoms with van der Waals surface area (Å²) in [7, 11) is 0. The van der Waals surface area contributed by atoms with Crippen LogP contribution in [0.1, 0.15) is 34.3 Å². The number of hydrogen-bond donors (Lipinski definition) is 0. The van der Waals surface area contributed by atoms with Crippen LogP contribution in [0.2, 0.25) is 0 Å². The molecule has 102 valence electrons. The highest BCUT2D eigenvalue weighted by molar-refractivity contribution is 7.98. The average molecular weight is 298 g/mol. The summed E-state index contributed by atoms with van der Waals surface area (Å²) in [4.78, 5) is 14.0. The van der Waals surface area contributed by atoms with Gasteiger partial charge in [0.25, 0.3) is 5.22 Å². The fraction of sp³-hybridized carbons (Fsp3) is 0.417. The molecule has 0 spiro atoms. The van der Waals surface area contributed by atoms with E-state index in [1.165, 1.54) is 21.5 Å². The van der Waals surface area contributed by atoms with Crippen molar-refractivity contribution < 1.29 is 13.9 Å². The molecule has 0 unspecified atom stereocenters. The maximum Gasteiger partial charge on any atom is 0.396 e. The summed E-state index contributed by atoms with van der Waals surface area (Å²) in [6.45, 7) is 4.15. The zero-order valence-corrected chi connectivity index (χ0v) is 12.3. The minimum Gasteiger partial charge on any atom is -0.459 e. The molecule has 0 amide bonds. The highest BCUT2D eigenvalue weighted by atomic mass is 32.2. The number of carbonyl (C=O) groups is 1. The van der Waals surface area contributed by atoms with E-state index in [1.807, 2.05) is 0 Å². The zero-order valence-electron chi connectivity index (χ0n) is 10.7. The predicted molar refractivity (Wildman–Crippen MR) is 73.5 cm³/mol. The van der Waals surface area contributed by atoms with Gasteiger partial charge in [0.2, 0.25) is 0 Å². The SMILES string of the molecule is CCOC(=O)c1nnc(SCc2ccc(CC)s2)o1. The molecule has 0 radical (unpaired) electrons. The van der Waals surface area contributed by atoms with E-state index >= 15 is 0 Å². The van der Waals surface area contributed by atoms with Crippen molar-refractivity contribution in [3.63, 3.8) is 0 Å². The van der Waals surface area contributed by atoms with E-state index in [0.717, 1.165) is 12.2 Å². The van der Waals surface area contributed by atoms with Gasteiger partial charge in [-0.2, -0.15) is 0 Å². The first-order valence-corrected chi connectivity index (χ1v) is 7.74. The Balaban J connectivity index is 1.91. The van der Waals surface area contributed by atoms with E-state index in [0.29, 0.717) is 11.8 Å². The second-order valence-electron chi connectivity index (χ2n) is 3.60. The first-order valence-electron chi connectivity index (χ1n) is 5.94. The van der Waals surface area contributed by atoms with Crippen LogP contribution in [0.4, 0.5) is 0 Å². The molecule has 0 aliphatic heterocycles. The van der Waals surface area contributed by atoms with E-state index in [9.17, 15) is 4.79 Å². The molecule has 2 rings (SSSR count). The van der Waals surface area contributed by atoms with Crippen molar-refractivity contribution in [3.05, 3.63) is 27.8 Å². The molecular weight excluding hydrogens is 284 g/mol. The number of ether oxygens (including phenoxy) is 1. The number of aryl methyl sites for hydroxylation is 1. The van der Waals surface area contributed by atoms with Crippen molar-refractivity contribution in [2.45, 2.75) is 31.2 Å². The fourth-order valence-corrected chi connectivity index (χ4v) is 3.13. The van der Waals surface area contributed by atoms with Crippen molar-refractivity contribution in [1.29, 1.82) is 0 Å². The van der Waals surface area contributed by atoms with Gasteiger partial charge in [-0.1, -0.05) is 23.8 Å². The quantitative estimate of drug-likeness (QED) is 0.603. The molecule has 0 fully saturated rings. The summed E-state index contributed by atoms with van der Waals surface area (Å²) in [6, 6.07) is 4.22. The number of carbonyl (C=O) groups excluding carboxylic acids is 1. The Morgan fingerprint density at radius 1 is 1.37 bits per heavy atom. The lowest BCUT2D eigenvalue weighted by molar-refractivity contribution is 0.0475. The van der Waals surface area contributed by atoms with Crippen LogP contribution in [0.25, 0.3) is 0 Å². The van der Waals surface area contributed by atoms with Gasteiger partial charge in [0.1, 0.15) is 0 Å². The van der Waals surface area contributed by atoms with Gasteiger partial charge in [0, 0.05) is 15.5 Å². The Labute approximate surface area is 119 Å². The lowest BCUT2D eigenvalue weighted by Gasteiger charge is -1.94. The molecule has 5 nitrogen and oxygen atoms in total. The molecular formula is C12H14N2O3S2. The Hall–Kier alpha value is -1.34. The number of aromatic nitrogens is 2. The molecule has 0 N–H and O–H groups in total. The van der Waals surface area contributed by atoms with Crippen LogP contribution in [-0.4, -0.2) is 22.8 Å². The highest BCUT2D eigenvalue weighted by Crippen LogP contribution is 2.26. The molecule has 0 aliphatic rings. The van der Waals surface area contributed by atoms with E-state index in [2.05, 4.69) is 29.3 Å². The van der Waals surface area contributed by atoms with Crippen LogP contribution >= 0.6 is 23.1 Å². The van der Waals surface area contributed by atoms with Crippen molar-refractivity contribution in [1.82, 2.24) is 10.2 Å². The summed E-state index contributed by atoms with van der Waals surface area (Å²) in [5.74, 6) is 0.0887. The molecule has 0 bridgehead atoms. The van der Waals surface area contributed by atoms with E-state index in [4.69, 9.17) is 9.15 Å². The summed E-state index contributed by atoms with van der Waals surface area (Å²) in [5, 5.41) is 7.86. The standard InChI is InChI=1S/C12H14N2O3S2/c1-3-8-5-6-9(19-8)7-18-12-14-13-10(17-12)11(15)16-4-2/h5-6H,3-4,7H2,1-2H3. The van der Waals surface area contributed by atoms with Gasteiger partial charge >= 0.3 is 11.9 Å². The third-order valence-electron chi connectivity index (χ3n) is 2.26. The second kappa shape index (κ2) is 6.72. The molecule has 0 atom stereocenters. The van der Waals surface area contributed by atoms with Crippen LogP contribution in [0.15, 0.2) is 21.8 Å². The largest absolute Gasteiger partial charge is 0.459 e. The van der Waals surface area contributed by atoms with E-state index in [1.54, 1.807) is 18.3 Å². The maximum absolute atomic E-state index is 11.3. The molecule has 2 aromatic rings. The van der Waals surface area contributed by atoms with Gasteiger partial charge in [-0.25, -0.2) is 4.79 Å². The molecule has 2 aromatic heterocycles. The second-order valence-corrected chi connectivity index (χ2v) is 5.78. The number of hydrogen-bond acceptors (Lipinski definition) is 7. The van der Waals surface area contributed by atoms with Crippen LogP contribution < -0.4 is 0 Å². The smallest absolute Gasteiger partial charge is 0.396 e. The molecule has 0 aromatic carbocycles. The van der Waals surface area contributed by atoms with Crippen LogP contribution in [0.3, 0.4) is 0 Å².